The van der Waals surface area contributed by atoms with E-state index in [1.54, 1.807) is 0 Å². The zero-order chi connectivity index (χ0) is 14.2. The van der Waals surface area contributed by atoms with E-state index in [4.69, 9.17) is 9.97 Å². The van der Waals surface area contributed by atoms with Crippen molar-refractivity contribution in [2.45, 2.75) is 44.9 Å². The number of fused-ring (bicyclic) bond motifs is 1. The van der Waals surface area contributed by atoms with Crippen LogP contribution in [-0.2, 0) is 12.8 Å². The molecule has 0 bridgehead atoms. The zero-order valence-corrected chi connectivity index (χ0v) is 12.5. The molecule has 0 amide bonds. The Morgan fingerprint density at radius 1 is 1.10 bits per heavy atom. The van der Waals surface area contributed by atoms with Gasteiger partial charge in [-0.25, -0.2) is 9.97 Å². The minimum absolute atomic E-state index is 0.803. The van der Waals surface area contributed by atoms with E-state index in [2.05, 4.69) is 36.5 Å². The summed E-state index contributed by atoms with van der Waals surface area (Å²) in [4.78, 5) is 9.58. The lowest BCUT2D eigenvalue weighted by atomic mass is 10.1. The van der Waals surface area contributed by atoms with Crippen LogP contribution in [0.1, 0.15) is 48.9 Å². The van der Waals surface area contributed by atoms with Gasteiger partial charge in [0.2, 0.25) is 0 Å². The SMILES string of the molecule is CCNc1nc(-c2ccc(C3CC3)cc2)nc2c1CCC2. The van der Waals surface area contributed by atoms with Crippen LogP contribution in [0.25, 0.3) is 11.4 Å². The van der Waals surface area contributed by atoms with Crippen LogP contribution in [0.3, 0.4) is 0 Å². The molecule has 1 heterocycles. The molecule has 2 aliphatic carbocycles. The van der Waals surface area contributed by atoms with E-state index in [0.717, 1.165) is 42.5 Å². The van der Waals surface area contributed by atoms with Crippen LogP contribution in [-0.4, -0.2) is 16.5 Å². The Morgan fingerprint density at radius 2 is 1.90 bits per heavy atom. The van der Waals surface area contributed by atoms with E-state index in [0.29, 0.717) is 0 Å². The van der Waals surface area contributed by atoms with E-state index < -0.39 is 0 Å². The highest BCUT2D eigenvalue weighted by molar-refractivity contribution is 5.61. The molecule has 108 valence electrons. The minimum atomic E-state index is 0.803. The van der Waals surface area contributed by atoms with Gasteiger partial charge in [0.25, 0.3) is 0 Å². The molecule has 3 nitrogen and oxygen atoms in total. The average Bonchev–Trinajstić information content (AvgIpc) is 3.25. The van der Waals surface area contributed by atoms with Gasteiger partial charge in [0.1, 0.15) is 5.82 Å². The fourth-order valence-corrected chi connectivity index (χ4v) is 3.20. The van der Waals surface area contributed by atoms with Crippen LogP contribution < -0.4 is 5.32 Å². The third-order valence-electron chi connectivity index (χ3n) is 4.49. The predicted octanol–water partition coefficient (Wildman–Crippen LogP) is 3.94. The molecular formula is C18H21N3. The van der Waals surface area contributed by atoms with Gasteiger partial charge in [-0.1, -0.05) is 24.3 Å². The molecule has 0 radical (unpaired) electrons. The Morgan fingerprint density at radius 3 is 2.62 bits per heavy atom. The Kier molecular flexibility index (Phi) is 3.13. The molecule has 4 rings (SSSR count). The van der Waals surface area contributed by atoms with Crippen molar-refractivity contribution in [3.05, 3.63) is 41.1 Å². The number of rotatable bonds is 4. The Hall–Kier alpha value is -1.90. The van der Waals surface area contributed by atoms with Gasteiger partial charge in [-0.3, -0.25) is 0 Å². The summed E-state index contributed by atoms with van der Waals surface area (Å²) >= 11 is 0. The summed E-state index contributed by atoms with van der Waals surface area (Å²) in [5, 5.41) is 3.41. The summed E-state index contributed by atoms with van der Waals surface area (Å²) in [6.45, 7) is 3.02. The number of aromatic nitrogens is 2. The van der Waals surface area contributed by atoms with Crippen LogP contribution in [0.5, 0.6) is 0 Å². The molecule has 1 aromatic heterocycles. The van der Waals surface area contributed by atoms with Gasteiger partial charge in [0, 0.05) is 23.4 Å². The number of nitrogens with zero attached hydrogens (tertiary/aromatic N) is 2. The second-order valence-electron chi connectivity index (χ2n) is 6.10. The van der Waals surface area contributed by atoms with Gasteiger partial charge < -0.3 is 5.32 Å². The first-order valence-electron chi connectivity index (χ1n) is 8.09. The highest BCUT2D eigenvalue weighted by Crippen LogP contribution is 2.40. The van der Waals surface area contributed by atoms with Gasteiger partial charge in [-0.05, 0) is 50.5 Å². The van der Waals surface area contributed by atoms with Crippen molar-refractivity contribution in [1.82, 2.24) is 9.97 Å². The van der Waals surface area contributed by atoms with Crippen molar-refractivity contribution >= 4 is 5.82 Å². The first-order valence-corrected chi connectivity index (χ1v) is 8.09. The maximum absolute atomic E-state index is 4.81. The van der Waals surface area contributed by atoms with Gasteiger partial charge in [0.15, 0.2) is 5.82 Å². The molecule has 2 aromatic rings. The standard InChI is InChI=1S/C18H21N3/c1-2-19-18-15-4-3-5-16(15)20-17(21-18)14-10-8-13(9-11-14)12-6-7-12/h8-12H,2-7H2,1H3,(H,19,20,21). The monoisotopic (exact) mass is 279 g/mol. The van der Waals surface area contributed by atoms with Crippen molar-refractivity contribution in [2.75, 3.05) is 11.9 Å². The number of anilines is 1. The van der Waals surface area contributed by atoms with E-state index in [-0.39, 0.29) is 0 Å². The summed E-state index contributed by atoms with van der Waals surface area (Å²) in [5.74, 6) is 2.72. The topological polar surface area (TPSA) is 37.8 Å². The van der Waals surface area contributed by atoms with E-state index >= 15 is 0 Å². The van der Waals surface area contributed by atoms with Crippen molar-refractivity contribution in [3.63, 3.8) is 0 Å². The highest BCUT2D eigenvalue weighted by Gasteiger charge is 2.23. The normalized spacial score (nSPS) is 16.8. The molecule has 0 saturated heterocycles. The zero-order valence-electron chi connectivity index (χ0n) is 12.5. The molecular weight excluding hydrogens is 258 g/mol. The second-order valence-corrected chi connectivity index (χ2v) is 6.10. The molecule has 0 aliphatic heterocycles. The highest BCUT2D eigenvalue weighted by atomic mass is 15.0. The Balaban J connectivity index is 1.71. The second kappa shape index (κ2) is 5.14. The van der Waals surface area contributed by atoms with Crippen molar-refractivity contribution in [3.8, 4) is 11.4 Å². The summed E-state index contributed by atoms with van der Waals surface area (Å²) in [6.07, 6.45) is 6.09. The molecule has 0 spiro atoms. The first kappa shape index (κ1) is 12.8. The minimum Gasteiger partial charge on any atom is -0.370 e. The number of benzene rings is 1. The van der Waals surface area contributed by atoms with Crippen LogP contribution in [0.15, 0.2) is 24.3 Å². The molecule has 3 heteroatoms. The number of hydrogen-bond acceptors (Lipinski definition) is 3. The summed E-state index contributed by atoms with van der Waals surface area (Å²) in [5.41, 5.74) is 5.16. The Bertz CT molecular complexity index is 657. The third-order valence-corrected chi connectivity index (χ3v) is 4.49. The predicted molar refractivity (Wildman–Crippen MR) is 85.6 cm³/mol. The van der Waals surface area contributed by atoms with Crippen LogP contribution in [0.4, 0.5) is 5.82 Å². The molecule has 1 N–H and O–H groups in total. The number of nitrogens with one attached hydrogen (secondary N) is 1. The van der Waals surface area contributed by atoms with Crippen LogP contribution in [0, 0.1) is 0 Å². The fourth-order valence-electron chi connectivity index (χ4n) is 3.20. The van der Waals surface area contributed by atoms with E-state index in [1.807, 2.05) is 0 Å². The summed E-state index contributed by atoms with van der Waals surface area (Å²) in [7, 11) is 0. The first-order chi connectivity index (χ1) is 10.3. The molecule has 0 unspecified atom stereocenters. The number of hydrogen-bond donors (Lipinski definition) is 1. The maximum Gasteiger partial charge on any atom is 0.161 e. The van der Waals surface area contributed by atoms with E-state index in [1.165, 1.54) is 36.1 Å². The van der Waals surface area contributed by atoms with Gasteiger partial charge >= 0.3 is 0 Å². The molecule has 1 aromatic carbocycles. The quantitative estimate of drug-likeness (QED) is 0.921. The lowest BCUT2D eigenvalue weighted by Gasteiger charge is -2.11. The average molecular weight is 279 g/mol. The van der Waals surface area contributed by atoms with Crippen LogP contribution >= 0.6 is 0 Å². The smallest absolute Gasteiger partial charge is 0.161 e. The molecule has 2 aliphatic rings. The molecule has 1 saturated carbocycles. The lowest BCUT2D eigenvalue weighted by Crippen LogP contribution is -2.06. The summed E-state index contributed by atoms with van der Waals surface area (Å²) in [6, 6.07) is 8.85. The molecule has 21 heavy (non-hydrogen) atoms. The Labute approximate surface area is 125 Å². The van der Waals surface area contributed by atoms with E-state index in [9.17, 15) is 0 Å². The third kappa shape index (κ3) is 2.41. The largest absolute Gasteiger partial charge is 0.370 e. The van der Waals surface area contributed by atoms with Gasteiger partial charge in [0.05, 0.1) is 0 Å². The fraction of sp³-hybridized carbons (Fsp3) is 0.444. The van der Waals surface area contributed by atoms with Gasteiger partial charge in [-0.2, -0.15) is 0 Å². The summed E-state index contributed by atoms with van der Waals surface area (Å²) < 4.78 is 0. The number of aryl methyl sites for hydroxylation is 1. The van der Waals surface area contributed by atoms with Crippen molar-refractivity contribution < 1.29 is 0 Å². The molecule has 0 atom stereocenters. The molecule has 1 fully saturated rings. The maximum atomic E-state index is 4.81. The van der Waals surface area contributed by atoms with Crippen molar-refractivity contribution in [1.29, 1.82) is 0 Å². The van der Waals surface area contributed by atoms with Crippen LogP contribution in [0.2, 0.25) is 0 Å². The van der Waals surface area contributed by atoms with Crippen molar-refractivity contribution in [2.24, 2.45) is 0 Å². The van der Waals surface area contributed by atoms with Gasteiger partial charge in [-0.15, -0.1) is 0 Å². The lowest BCUT2D eigenvalue weighted by molar-refractivity contribution is 0.900.